The molecule has 2 aromatic carbocycles. The Kier molecular flexibility index (Phi) is 3.91. The van der Waals surface area contributed by atoms with Crippen molar-refractivity contribution >= 4 is 12.0 Å². The Labute approximate surface area is 140 Å². The molecule has 24 heavy (non-hydrogen) atoms. The van der Waals surface area contributed by atoms with Gasteiger partial charge in [-0.15, -0.1) is 0 Å². The predicted octanol–water partition coefficient (Wildman–Crippen LogP) is 2.95. The molecule has 0 spiro atoms. The van der Waals surface area contributed by atoms with Gasteiger partial charge in [-0.05, 0) is 22.3 Å². The van der Waals surface area contributed by atoms with Crippen LogP contribution in [-0.4, -0.2) is 38.3 Å². The average molecular weight is 322 g/mol. The van der Waals surface area contributed by atoms with Gasteiger partial charge in [-0.25, -0.2) is 4.79 Å². The van der Waals surface area contributed by atoms with Crippen LogP contribution in [0.25, 0.3) is 11.1 Å². The van der Waals surface area contributed by atoms with Gasteiger partial charge in [0.2, 0.25) is 5.90 Å². The quantitative estimate of drug-likeness (QED) is 0.941. The summed E-state index contributed by atoms with van der Waals surface area (Å²) in [5.41, 5.74) is 4.84. The number of carbonyl (C=O) groups is 1. The zero-order valence-corrected chi connectivity index (χ0v) is 13.2. The second kappa shape index (κ2) is 6.35. The minimum atomic E-state index is -0.449. The van der Waals surface area contributed by atoms with Crippen molar-refractivity contribution < 1.29 is 14.3 Å². The number of ether oxygens (including phenoxy) is 2. The summed E-state index contributed by atoms with van der Waals surface area (Å²) in [6, 6.07) is 16.5. The number of hydrogen-bond acceptors (Lipinski definition) is 4. The second-order valence-electron chi connectivity index (χ2n) is 5.80. The van der Waals surface area contributed by atoms with Gasteiger partial charge in [-0.2, -0.15) is 0 Å². The Hall–Kier alpha value is -2.82. The van der Waals surface area contributed by atoms with E-state index in [2.05, 4.69) is 34.6 Å². The number of rotatable bonds is 4. The third-order valence-electron chi connectivity index (χ3n) is 4.38. The highest BCUT2D eigenvalue weighted by Gasteiger charge is 2.28. The number of nitrogens with zero attached hydrogens (tertiary/aromatic N) is 1. The topological polar surface area (TPSA) is 59.9 Å². The van der Waals surface area contributed by atoms with Gasteiger partial charge in [0.15, 0.2) is 0 Å². The van der Waals surface area contributed by atoms with Gasteiger partial charge in [0.1, 0.15) is 13.2 Å². The van der Waals surface area contributed by atoms with Crippen molar-refractivity contribution in [3.05, 3.63) is 59.7 Å². The van der Waals surface area contributed by atoms with E-state index in [0.29, 0.717) is 25.7 Å². The third kappa shape index (κ3) is 2.73. The monoisotopic (exact) mass is 322 g/mol. The van der Waals surface area contributed by atoms with Gasteiger partial charge < -0.3 is 14.8 Å². The van der Waals surface area contributed by atoms with Crippen LogP contribution >= 0.6 is 0 Å². The summed E-state index contributed by atoms with van der Waals surface area (Å²) in [6.45, 7) is 1.83. The van der Waals surface area contributed by atoms with Crippen molar-refractivity contribution in [3.63, 3.8) is 0 Å². The molecule has 2 aromatic rings. The van der Waals surface area contributed by atoms with Gasteiger partial charge in [0.25, 0.3) is 0 Å². The van der Waals surface area contributed by atoms with Crippen LogP contribution in [0.3, 0.4) is 0 Å². The van der Waals surface area contributed by atoms with Crippen LogP contribution in [0, 0.1) is 0 Å². The van der Waals surface area contributed by atoms with Crippen molar-refractivity contribution in [2.45, 2.75) is 5.92 Å². The summed E-state index contributed by atoms with van der Waals surface area (Å²) in [5.74, 6) is 0.631. The molecule has 0 bridgehead atoms. The van der Waals surface area contributed by atoms with Crippen LogP contribution in [0.5, 0.6) is 0 Å². The number of fused-ring (bicyclic) bond motifs is 3. The number of aliphatic imine (C=N–C) groups is 1. The fourth-order valence-electron chi connectivity index (χ4n) is 3.28. The highest BCUT2D eigenvalue weighted by molar-refractivity contribution is 5.83. The van der Waals surface area contributed by atoms with E-state index in [1.807, 2.05) is 24.3 Å². The SMILES string of the molecule is O=C(NCC1=NCCO1)OCC1c2ccccc2-c2ccccc21. The summed E-state index contributed by atoms with van der Waals surface area (Å²) in [5, 5.41) is 2.68. The summed E-state index contributed by atoms with van der Waals surface area (Å²) in [4.78, 5) is 16.1. The van der Waals surface area contributed by atoms with E-state index in [9.17, 15) is 4.79 Å². The highest BCUT2D eigenvalue weighted by atomic mass is 16.5. The standard InChI is InChI=1S/C19H18N2O3/c22-19(21-11-18-20-9-10-23-18)24-12-17-15-7-3-1-5-13(15)14-6-2-4-8-16(14)17/h1-8,17H,9-12H2,(H,21,22). The smallest absolute Gasteiger partial charge is 0.407 e. The first-order valence-corrected chi connectivity index (χ1v) is 8.08. The van der Waals surface area contributed by atoms with Crippen molar-refractivity contribution in [1.82, 2.24) is 5.32 Å². The van der Waals surface area contributed by atoms with E-state index in [1.165, 1.54) is 22.3 Å². The maximum atomic E-state index is 11.9. The van der Waals surface area contributed by atoms with E-state index in [0.717, 1.165) is 0 Å². The Bertz CT molecular complexity index is 755. The molecule has 1 aliphatic heterocycles. The molecule has 1 aliphatic carbocycles. The van der Waals surface area contributed by atoms with Crippen molar-refractivity contribution in [2.75, 3.05) is 26.3 Å². The van der Waals surface area contributed by atoms with E-state index in [4.69, 9.17) is 9.47 Å². The minimum Gasteiger partial charge on any atom is -0.478 e. The van der Waals surface area contributed by atoms with E-state index < -0.39 is 6.09 Å². The molecule has 5 heteroatoms. The fraction of sp³-hybridized carbons (Fsp3) is 0.263. The van der Waals surface area contributed by atoms with Crippen LogP contribution < -0.4 is 5.32 Å². The number of amides is 1. The maximum Gasteiger partial charge on any atom is 0.407 e. The highest BCUT2D eigenvalue weighted by Crippen LogP contribution is 2.44. The first kappa shape index (κ1) is 14.8. The zero-order chi connectivity index (χ0) is 16.4. The largest absolute Gasteiger partial charge is 0.478 e. The third-order valence-corrected chi connectivity index (χ3v) is 4.38. The molecule has 0 aromatic heterocycles. The molecule has 2 aliphatic rings. The zero-order valence-electron chi connectivity index (χ0n) is 13.2. The Balaban J connectivity index is 1.43. The molecule has 1 heterocycles. The van der Waals surface area contributed by atoms with Crippen LogP contribution in [0.1, 0.15) is 17.0 Å². The van der Waals surface area contributed by atoms with E-state index in [1.54, 1.807) is 0 Å². The molecule has 1 amide bonds. The summed E-state index contributed by atoms with van der Waals surface area (Å²) < 4.78 is 10.7. The molecule has 0 radical (unpaired) electrons. The Morgan fingerprint density at radius 1 is 1.12 bits per heavy atom. The normalized spacial score (nSPS) is 15.2. The lowest BCUT2D eigenvalue weighted by Gasteiger charge is -2.14. The Morgan fingerprint density at radius 2 is 1.79 bits per heavy atom. The molecule has 122 valence electrons. The molecule has 0 saturated carbocycles. The van der Waals surface area contributed by atoms with Gasteiger partial charge in [0, 0.05) is 5.92 Å². The molecule has 0 fully saturated rings. The molecule has 0 atom stereocenters. The number of alkyl carbamates (subject to hydrolysis) is 1. The Morgan fingerprint density at radius 3 is 2.42 bits per heavy atom. The minimum absolute atomic E-state index is 0.0724. The molecular formula is C19H18N2O3. The van der Waals surface area contributed by atoms with Gasteiger partial charge in [-0.3, -0.25) is 4.99 Å². The van der Waals surface area contributed by atoms with Crippen LogP contribution in [0.15, 0.2) is 53.5 Å². The summed E-state index contributed by atoms with van der Waals surface area (Å²) in [6.07, 6.45) is -0.449. The second-order valence-corrected chi connectivity index (χ2v) is 5.80. The molecule has 1 N–H and O–H groups in total. The van der Waals surface area contributed by atoms with E-state index >= 15 is 0 Å². The van der Waals surface area contributed by atoms with Gasteiger partial charge >= 0.3 is 6.09 Å². The van der Waals surface area contributed by atoms with Crippen molar-refractivity contribution in [2.24, 2.45) is 4.99 Å². The first-order valence-electron chi connectivity index (χ1n) is 8.08. The summed E-state index contributed by atoms with van der Waals surface area (Å²) >= 11 is 0. The van der Waals surface area contributed by atoms with E-state index in [-0.39, 0.29) is 12.5 Å². The molecular weight excluding hydrogens is 304 g/mol. The molecule has 5 nitrogen and oxygen atoms in total. The lowest BCUT2D eigenvalue weighted by Crippen LogP contribution is -2.31. The lowest BCUT2D eigenvalue weighted by atomic mass is 9.98. The number of benzene rings is 2. The average Bonchev–Trinajstić information content (AvgIpc) is 3.25. The first-order chi connectivity index (χ1) is 11.8. The fourth-order valence-corrected chi connectivity index (χ4v) is 3.28. The summed E-state index contributed by atoms with van der Waals surface area (Å²) in [7, 11) is 0. The molecule has 0 unspecified atom stereocenters. The molecule has 4 rings (SSSR count). The van der Waals surface area contributed by atoms with Gasteiger partial charge in [-0.1, -0.05) is 48.5 Å². The van der Waals surface area contributed by atoms with Crippen LogP contribution in [-0.2, 0) is 9.47 Å². The maximum absolute atomic E-state index is 11.9. The lowest BCUT2D eigenvalue weighted by molar-refractivity contribution is 0.144. The molecule has 0 saturated heterocycles. The van der Waals surface area contributed by atoms with Crippen LogP contribution in [0.2, 0.25) is 0 Å². The van der Waals surface area contributed by atoms with Gasteiger partial charge in [0.05, 0.1) is 13.1 Å². The predicted molar refractivity (Wildman–Crippen MR) is 91.3 cm³/mol. The van der Waals surface area contributed by atoms with Crippen molar-refractivity contribution in [3.8, 4) is 11.1 Å². The number of carbonyl (C=O) groups excluding carboxylic acids is 1. The van der Waals surface area contributed by atoms with Crippen LogP contribution in [0.4, 0.5) is 4.79 Å². The number of nitrogens with one attached hydrogen (secondary N) is 1. The van der Waals surface area contributed by atoms with Crippen molar-refractivity contribution in [1.29, 1.82) is 0 Å². The number of hydrogen-bond donors (Lipinski definition) is 1.